The molecule has 0 radical (unpaired) electrons. The van der Waals surface area contributed by atoms with E-state index in [4.69, 9.17) is 4.74 Å². The number of aryl methyl sites for hydroxylation is 1. The van der Waals surface area contributed by atoms with Gasteiger partial charge in [0.2, 0.25) is 0 Å². The second-order valence-corrected chi connectivity index (χ2v) is 3.35. The first-order valence-electron chi connectivity index (χ1n) is 4.85. The Hall–Kier alpha value is -1.31. The molecule has 1 aromatic rings. The average molecular weight is 192 g/mol. The van der Waals surface area contributed by atoms with Crippen LogP contribution < -0.4 is 4.74 Å². The summed E-state index contributed by atoms with van der Waals surface area (Å²) in [6.07, 6.45) is 1.92. The van der Waals surface area contributed by atoms with Crippen molar-refractivity contribution in [2.75, 3.05) is 7.11 Å². The van der Waals surface area contributed by atoms with E-state index in [0.29, 0.717) is 0 Å². The monoisotopic (exact) mass is 192 g/mol. The molecule has 0 bridgehead atoms. The normalized spacial score (nSPS) is 12.2. The number of aldehydes is 1. The molecule has 0 heterocycles. The zero-order valence-electron chi connectivity index (χ0n) is 8.91. The number of benzene rings is 1. The van der Waals surface area contributed by atoms with Gasteiger partial charge in [-0.25, -0.2) is 0 Å². The molecule has 1 atom stereocenters. The first-order valence-corrected chi connectivity index (χ1v) is 4.85. The van der Waals surface area contributed by atoms with Crippen LogP contribution in [-0.2, 0) is 11.2 Å². The molecule has 0 N–H and O–H groups in total. The molecule has 0 spiro atoms. The van der Waals surface area contributed by atoms with E-state index in [9.17, 15) is 4.79 Å². The van der Waals surface area contributed by atoms with Crippen molar-refractivity contribution in [2.45, 2.75) is 26.2 Å². The Labute approximate surface area is 84.9 Å². The van der Waals surface area contributed by atoms with E-state index in [1.807, 2.05) is 25.1 Å². The zero-order valence-corrected chi connectivity index (χ0v) is 8.91. The summed E-state index contributed by atoms with van der Waals surface area (Å²) in [5, 5.41) is 0. The van der Waals surface area contributed by atoms with E-state index in [1.54, 1.807) is 7.11 Å². The van der Waals surface area contributed by atoms with Gasteiger partial charge in [-0.15, -0.1) is 0 Å². The predicted octanol–water partition coefficient (Wildman–Crippen LogP) is 2.56. The van der Waals surface area contributed by atoms with Crippen LogP contribution in [0.15, 0.2) is 18.2 Å². The van der Waals surface area contributed by atoms with E-state index in [1.165, 1.54) is 5.56 Å². The summed E-state index contributed by atoms with van der Waals surface area (Å²) in [6.45, 7) is 3.97. The van der Waals surface area contributed by atoms with Gasteiger partial charge in [-0.2, -0.15) is 0 Å². The summed E-state index contributed by atoms with van der Waals surface area (Å²) in [4.78, 5) is 10.7. The van der Waals surface area contributed by atoms with E-state index < -0.39 is 0 Å². The van der Waals surface area contributed by atoms with Gasteiger partial charge in [0.1, 0.15) is 12.0 Å². The fourth-order valence-electron chi connectivity index (χ4n) is 1.43. The van der Waals surface area contributed by atoms with Crippen molar-refractivity contribution in [3.63, 3.8) is 0 Å². The molecule has 2 nitrogen and oxygen atoms in total. The topological polar surface area (TPSA) is 26.3 Å². The van der Waals surface area contributed by atoms with E-state index in [-0.39, 0.29) is 5.92 Å². The third kappa shape index (κ3) is 2.13. The Morgan fingerprint density at radius 2 is 2.21 bits per heavy atom. The minimum Gasteiger partial charge on any atom is -0.496 e. The minimum atomic E-state index is -0.101. The highest BCUT2D eigenvalue weighted by molar-refractivity contribution is 5.64. The summed E-state index contributed by atoms with van der Waals surface area (Å²) >= 11 is 0. The lowest BCUT2D eigenvalue weighted by Crippen LogP contribution is -1.99. The third-order valence-corrected chi connectivity index (χ3v) is 2.40. The maximum absolute atomic E-state index is 10.7. The second kappa shape index (κ2) is 4.80. The van der Waals surface area contributed by atoms with Gasteiger partial charge in [0, 0.05) is 11.5 Å². The van der Waals surface area contributed by atoms with Crippen molar-refractivity contribution in [1.82, 2.24) is 0 Å². The van der Waals surface area contributed by atoms with Crippen LogP contribution in [0.25, 0.3) is 0 Å². The molecule has 1 aromatic carbocycles. The van der Waals surface area contributed by atoms with Crippen molar-refractivity contribution in [1.29, 1.82) is 0 Å². The highest BCUT2D eigenvalue weighted by Gasteiger charge is 2.10. The van der Waals surface area contributed by atoms with Gasteiger partial charge < -0.3 is 9.53 Å². The average Bonchev–Trinajstić information content (AvgIpc) is 2.27. The number of carbonyl (C=O) groups excluding carboxylic acids is 1. The number of carbonyl (C=O) groups is 1. The van der Waals surface area contributed by atoms with Crippen molar-refractivity contribution in [3.8, 4) is 5.75 Å². The van der Waals surface area contributed by atoms with Crippen LogP contribution in [0.5, 0.6) is 5.75 Å². The summed E-state index contributed by atoms with van der Waals surface area (Å²) in [6, 6.07) is 5.99. The molecule has 1 unspecified atom stereocenters. The summed E-state index contributed by atoms with van der Waals surface area (Å²) in [7, 11) is 1.63. The van der Waals surface area contributed by atoms with Crippen LogP contribution >= 0.6 is 0 Å². The standard InChI is InChI=1S/C12H16O2/c1-4-10-5-6-12(14-3)11(7-10)9(2)8-13/h5-9H,4H2,1-3H3. The summed E-state index contributed by atoms with van der Waals surface area (Å²) in [5.74, 6) is 0.693. The van der Waals surface area contributed by atoms with Crippen LogP contribution in [0, 0.1) is 0 Å². The molecule has 1 rings (SSSR count). The van der Waals surface area contributed by atoms with Gasteiger partial charge in [0.05, 0.1) is 7.11 Å². The molecule has 0 fully saturated rings. The Kier molecular flexibility index (Phi) is 3.69. The maximum atomic E-state index is 10.7. The molecular formula is C12H16O2. The number of methoxy groups -OCH3 is 1. The summed E-state index contributed by atoms with van der Waals surface area (Å²) in [5.41, 5.74) is 2.20. The Balaban J connectivity index is 3.14. The van der Waals surface area contributed by atoms with Crippen LogP contribution in [0.2, 0.25) is 0 Å². The van der Waals surface area contributed by atoms with Gasteiger partial charge in [-0.05, 0) is 18.1 Å². The minimum absolute atomic E-state index is 0.101. The van der Waals surface area contributed by atoms with Gasteiger partial charge in [0.25, 0.3) is 0 Å². The molecule has 0 aliphatic carbocycles. The molecule has 0 saturated heterocycles. The number of hydrogen-bond donors (Lipinski definition) is 0. The van der Waals surface area contributed by atoms with E-state index >= 15 is 0 Å². The fraction of sp³-hybridized carbons (Fsp3) is 0.417. The maximum Gasteiger partial charge on any atom is 0.127 e. The molecule has 0 aliphatic rings. The SMILES string of the molecule is CCc1ccc(OC)c(C(C)C=O)c1. The molecule has 0 saturated carbocycles. The lowest BCUT2D eigenvalue weighted by molar-refractivity contribution is -0.108. The number of rotatable bonds is 4. The largest absolute Gasteiger partial charge is 0.496 e. The van der Waals surface area contributed by atoms with Crippen molar-refractivity contribution >= 4 is 6.29 Å². The van der Waals surface area contributed by atoms with Crippen LogP contribution in [0.1, 0.15) is 30.9 Å². The second-order valence-electron chi connectivity index (χ2n) is 3.35. The number of ether oxygens (including phenoxy) is 1. The van der Waals surface area contributed by atoms with Gasteiger partial charge in [-0.1, -0.05) is 26.0 Å². The highest BCUT2D eigenvalue weighted by Crippen LogP contribution is 2.26. The van der Waals surface area contributed by atoms with Crippen LogP contribution in [0.3, 0.4) is 0 Å². The third-order valence-electron chi connectivity index (χ3n) is 2.40. The molecule has 0 amide bonds. The van der Waals surface area contributed by atoms with E-state index in [2.05, 4.69) is 6.92 Å². The van der Waals surface area contributed by atoms with Crippen molar-refractivity contribution in [3.05, 3.63) is 29.3 Å². The smallest absolute Gasteiger partial charge is 0.127 e. The fourth-order valence-corrected chi connectivity index (χ4v) is 1.43. The Morgan fingerprint density at radius 3 is 2.71 bits per heavy atom. The van der Waals surface area contributed by atoms with Crippen LogP contribution in [-0.4, -0.2) is 13.4 Å². The van der Waals surface area contributed by atoms with Crippen LogP contribution in [0.4, 0.5) is 0 Å². The predicted molar refractivity (Wildman–Crippen MR) is 56.9 cm³/mol. The molecule has 76 valence electrons. The first kappa shape index (κ1) is 10.8. The zero-order chi connectivity index (χ0) is 10.6. The Morgan fingerprint density at radius 1 is 1.50 bits per heavy atom. The molecule has 14 heavy (non-hydrogen) atoms. The van der Waals surface area contributed by atoms with Crippen molar-refractivity contribution < 1.29 is 9.53 Å². The van der Waals surface area contributed by atoms with Gasteiger partial charge in [0.15, 0.2) is 0 Å². The van der Waals surface area contributed by atoms with Gasteiger partial charge in [-0.3, -0.25) is 0 Å². The lowest BCUT2D eigenvalue weighted by Gasteiger charge is -2.12. The molecule has 0 aromatic heterocycles. The quantitative estimate of drug-likeness (QED) is 0.685. The van der Waals surface area contributed by atoms with Gasteiger partial charge >= 0.3 is 0 Å². The number of hydrogen-bond acceptors (Lipinski definition) is 2. The lowest BCUT2D eigenvalue weighted by atomic mass is 9.98. The molecule has 2 heteroatoms. The molecular weight excluding hydrogens is 176 g/mol. The van der Waals surface area contributed by atoms with Crippen molar-refractivity contribution in [2.24, 2.45) is 0 Å². The molecule has 0 aliphatic heterocycles. The Bertz CT molecular complexity index is 318. The van der Waals surface area contributed by atoms with E-state index in [0.717, 1.165) is 24.0 Å². The first-order chi connectivity index (χ1) is 6.72. The highest BCUT2D eigenvalue weighted by atomic mass is 16.5. The summed E-state index contributed by atoms with van der Waals surface area (Å²) < 4.78 is 5.21.